The van der Waals surface area contributed by atoms with E-state index in [2.05, 4.69) is 21.4 Å². The van der Waals surface area contributed by atoms with E-state index in [1.807, 2.05) is 36.5 Å². The largest absolute Gasteiger partial charge is 0.337 e. The summed E-state index contributed by atoms with van der Waals surface area (Å²) in [5.41, 5.74) is 3.12. The summed E-state index contributed by atoms with van der Waals surface area (Å²) in [4.78, 5) is 16.8. The first-order valence-corrected chi connectivity index (χ1v) is 9.09. The van der Waals surface area contributed by atoms with Crippen LogP contribution in [0.15, 0.2) is 12.1 Å². The van der Waals surface area contributed by atoms with Gasteiger partial charge in [-0.2, -0.15) is 10.2 Å². The SMILES string of the molecule is Cc1cc(C2CCCN(C(=O)c3cc4c(C)nn(C)c4s3)C2)n[nH]1. The zero-order valence-corrected chi connectivity index (χ0v) is 15.0. The van der Waals surface area contributed by atoms with Crippen molar-refractivity contribution < 1.29 is 4.79 Å². The van der Waals surface area contributed by atoms with Crippen LogP contribution >= 0.6 is 11.3 Å². The van der Waals surface area contributed by atoms with Gasteiger partial charge < -0.3 is 4.90 Å². The molecule has 126 valence electrons. The minimum absolute atomic E-state index is 0.132. The fraction of sp³-hybridized carbons (Fsp3) is 0.471. The van der Waals surface area contributed by atoms with Crippen LogP contribution in [0.2, 0.25) is 0 Å². The Balaban J connectivity index is 1.57. The Morgan fingerprint density at radius 3 is 2.92 bits per heavy atom. The lowest BCUT2D eigenvalue weighted by Crippen LogP contribution is -2.38. The van der Waals surface area contributed by atoms with Crippen molar-refractivity contribution in [2.45, 2.75) is 32.6 Å². The molecule has 1 atom stereocenters. The van der Waals surface area contributed by atoms with Gasteiger partial charge in [-0.05, 0) is 38.8 Å². The van der Waals surface area contributed by atoms with Gasteiger partial charge in [0.05, 0.1) is 16.3 Å². The summed E-state index contributed by atoms with van der Waals surface area (Å²) in [6, 6.07) is 4.08. The highest BCUT2D eigenvalue weighted by Crippen LogP contribution is 2.31. The lowest BCUT2D eigenvalue weighted by molar-refractivity contribution is 0.0711. The number of nitrogens with one attached hydrogen (secondary N) is 1. The number of amides is 1. The molecule has 1 aliphatic heterocycles. The van der Waals surface area contributed by atoms with Crippen molar-refractivity contribution in [3.05, 3.63) is 34.1 Å². The van der Waals surface area contributed by atoms with E-state index in [1.54, 1.807) is 0 Å². The lowest BCUT2D eigenvalue weighted by Gasteiger charge is -2.31. The molecule has 0 spiro atoms. The van der Waals surface area contributed by atoms with Gasteiger partial charge in [0, 0.05) is 37.1 Å². The Labute approximate surface area is 144 Å². The summed E-state index contributed by atoms with van der Waals surface area (Å²) in [7, 11) is 1.93. The Morgan fingerprint density at radius 1 is 1.38 bits per heavy atom. The number of rotatable bonds is 2. The second-order valence-corrected chi connectivity index (χ2v) is 7.64. The Kier molecular flexibility index (Phi) is 3.68. The summed E-state index contributed by atoms with van der Waals surface area (Å²) in [5, 5.41) is 12.9. The first-order valence-electron chi connectivity index (χ1n) is 8.27. The fourth-order valence-corrected chi connectivity index (χ4v) is 4.61. The van der Waals surface area contributed by atoms with Gasteiger partial charge >= 0.3 is 0 Å². The van der Waals surface area contributed by atoms with Gasteiger partial charge in [0.2, 0.25) is 0 Å². The minimum atomic E-state index is 0.132. The van der Waals surface area contributed by atoms with Gasteiger partial charge in [-0.15, -0.1) is 11.3 Å². The van der Waals surface area contributed by atoms with Crippen LogP contribution in [-0.2, 0) is 7.05 Å². The van der Waals surface area contributed by atoms with Gasteiger partial charge in [-0.3, -0.25) is 14.6 Å². The highest BCUT2D eigenvalue weighted by Gasteiger charge is 2.28. The Bertz CT molecular complexity index is 871. The molecule has 1 fully saturated rings. The maximum Gasteiger partial charge on any atom is 0.264 e. The lowest BCUT2D eigenvalue weighted by atomic mass is 9.94. The normalized spacial score (nSPS) is 18.5. The molecule has 24 heavy (non-hydrogen) atoms. The van der Waals surface area contributed by atoms with Crippen molar-refractivity contribution in [1.82, 2.24) is 24.9 Å². The van der Waals surface area contributed by atoms with Crippen molar-refractivity contribution in [3.63, 3.8) is 0 Å². The van der Waals surface area contributed by atoms with Crippen LogP contribution in [0.5, 0.6) is 0 Å². The molecule has 1 amide bonds. The molecule has 4 rings (SSSR count). The molecule has 0 radical (unpaired) electrons. The number of carbonyl (C=O) groups is 1. The van der Waals surface area contributed by atoms with E-state index in [9.17, 15) is 4.79 Å². The van der Waals surface area contributed by atoms with Crippen LogP contribution in [0.1, 0.15) is 45.5 Å². The van der Waals surface area contributed by atoms with Crippen molar-refractivity contribution in [2.24, 2.45) is 7.05 Å². The third kappa shape index (κ3) is 2.53. The maximum absolute atomic E-state index is 13.0. The van der Waals surface area contributed by atoms with Gasteiger partial charge in [0.15, 0.2) is 0 Å². The highest BCUT2D eigenvalue weighted by molar-refractivity contribution is 7.20. The van der Waals surface area contributed by atoms with Crippen LogP contribution in [0.25, 0.3) is 10.2 Å². The first kappa shape index (κ1) is 15.4. The summed E-state index contributed by atoms with van der Waals surface area (Å²) >= 11 is 1.54. The number of likely N-dealkylation sites (tertiary alicyclic amines) is 1. The predicted octanol–water partition coefficient (Wildman–Crippen LogP) is 2.99. The third-order valence-electron chi connectivity index (χ3n) is 4.76. The van der Waals surface area contributed by atoms with Crippen LogP contribution in [0.3, 0.4) is 0 Å². The van der Waals surface area contributed by atoms with Crippen LogP contribution < -0.4 is 0 Å². The Morgan fingerprint density at radius 2 is 2.21 bits per heavy atom. The fourth-order valence-electron chi connectivity index (χ4n) is 3.52. The van der Waals surface area contributed by atoms with E-state index in [0.29, 0.717) is 5.92 Å². The number of aromatic amines is 1. The summed E-state index contributed by atoms with van der Waals surface area (Å²) in [5.74, 6) is 0.456. The van der Waals surface area contributed by atoms with E-state index in [0.717, 1.165) is 58.1 Å². The van der Waals surface area contributed by atoms with Crippen molar-refractivity contribution >= 4 is 27.5 Å². The molecule has 6 nitrogen and oxygen atoms in total. The van der Waals surface area contributed by atoms with E-state index in [4.69, 9.17) is 0 Å². The molecule has 0 aliphatic carbocycles. The zero-order valence-electron chi connectivity index (χ0n) is 14.2. The summed E-state index contributed by atoms with van der Waals surface area (Å²) in [6.07, 6.45) is 2.11. The van der Waals surface area contributed by atoms with Crippen LogP contribution in [0, 0.1) is 13.8 Å². The number of hydrogen-bond acceptors (Lipinski definition) is 4. The molecular weight excluding hydrogens is 322 g/mol. The van der Waals surface area contributed by atoms with E-state index >= 15 is 0 Å². The number of piperidine rings is 1. The van der Waals surface area contributed by atoms with Crippen molar-refractivity contribution in [3.8, 4) is 0 Å². The van der Waals surface area contributed by atoms with Crippen molar-refractivity contribution in [1.29, 1.82) is 0 Å². The predicted molar refractivity (Wildman–Crippen MR) is 94.5 cm³/mol. The molecule has 3 aromatic rings. The van der Waals surface area contributed by atoms with Gasteiger partial charge in [0.1, 0.15) is 4.83 Å². The number of aromatic nitrogens is 4. The van der Waals surface area contributed by atoms with E-state index in [1.165, 1.54) is 11.3 Å². The molecule has 0 saturated carbocycles. The smallest absolute Gasteiger partial charge is 0.264 e. The average molecular weight is 343 g/mol. The molecule has 1 N–H and O–H groups in total. The van der Waals surface area contributed by atoms with Crippen LogP contribution in [0.4, 0.5) is 0 Å². The number of nitrogens with zero attached hydrogens (tertiary/aromatic N) is 4. The summed E-state index contributed by atoms with van der Waals surface area (Å²) < 4.78 is 1.86. The molecule has 1 saturated heterocycles. The molecule has 3 aromatic heterocycles. The molecular formula is C17H21N5OS. The molecule has 0 aromatic carbocycles. The second kappa shape index (κ2) is 5.73. The number of H-pyrrole nitrogens is 1. The standard InChI is InChI=1S/C17H21N5OS/c1-10-7-14(19-18-10)12-5-4-6-22(9-12)16(23)15-8-13-11(2)20-21(3)17(13)24-15/h7-8,12H,4-6,9H2,1-3H3,(H,18,19). The minimum Gasteiger partial charge on any atom is -0.337 e. The number of aryl methyl sites for hydroxylation is 3. The Hall–Kier alpha value is -2.15. The second-order valence-electron chi connectivity index (χ2n) is 6.60. The zero-order chi connectivity index (χ0) is 16.8. The number of hydrogen-bond donors (Lipinski definition) is 1. The number of thiophene rings is 1. The number of carbonyl (C=O) groups excluding carboxylic acids is 1. The molecule has 0 bridgehead atoms. The molecule has 4 heterocycles. The first-order chi connectivity index (χ1) is 11.5. The molecule has 7 heteroatoms. The quantitative estimate of drug-likeness (QED) is 0.778. The van der Waals surface area contributed by atoms with E-state index in [-0.39, 0.29) is 5.91 Å². The maximum atomic E-state index is 13.0. The number of fused-ring (bicyclic) bond motifs is 1. The summed E-state index contributed by atoms with van der Waals surface area (Å²) in [6.45, 7) is 5.56. The van der Waals surface area contributed by atoms with Gasteiger partial charge in [-0.25, -0.2) is 0 Å². The van der Waals surface area contributed by atoms with E-state index < -0.39 is 0 Å². The molecule has 1 unspecified atom stereocenters. The monoisotopic (exact) mass is 343 g/mol. The topological polar surface area (TPSA) is 66.8 Å². The average Bonchev–Trinajstić information content (AvgIpc) is 3.25. The van der Waals surface area contributed by atoms with Gasteiger partial charge in [0.25, 0.3) is 5.91 Å². The molecule has 1 aliphatic rings. The highest BCUT2D eigenvalue weighted by atomic mass is 32.1. The van der Waals surface area contributed by atoms with Crippen molar-refractivity contribution in [2.75, 3.05) is 13.1 Å². The van der Waals surface area contributed by atoms with Gasteiger partial charge in [-0.1, -0.05) is 0 Å². The van der Waals surface area contributed by atoms with Crippen LogP contribution in [-0.4, -0.2) is 43.9 Å². The third-order valence-corrected chi connectivity index (χ3v) is 5.95.